The Balaban J connectivity index is 1.66. The van der Waals surface area contributed by atoms with Crippen LogP contribution in [-0.4, -0.2) is 48.9 Å². The normalized spacial score (nSPS) is 24.1. The van der Waals surface area contributed by atoms with Crippen LogP contribution in [0.1, 0.15) is 18.4 Å². The van der Waals surface area contributed by atoms with Crippen LogP contribution in [0.4, 0.5) is 0 Å². The Morgan fingerprint density at radius 2 is 1.95 bits per heavy atom. The summed E-state index contributed by atoms with van der Waals surface area (Å²) in [5.74, 6) is -0.0435. The molecule has 1 N–H and O–H groups in total. The molecule has 118 valence electrons. The van der Waals surface area contributed by atoms with E-state index in [1.807, 2.05) is 18.2 Å². The van der Waals surface area contributed by atoms with Crippen molar-refractivity contribution < 1.29 is 18.3 Å². The highest BCUT2D eigenvalue weighted by molar-refractivity contribution is 7.91. The molecule has 0 saturated carbocycles. The van der Waals surface area contributed by atoms with Crippen LogP contribution in [0.15, 0.2) is 30.3 Å². The predicted molar refractivity (Wildman–Crippen MR) is 84.0 cm³/mol. The largest absolute Gasteiger partial charge is 0.508 e. The van der Waals surface area contributed by atoms with Gasteiger partial charge in [-0.05, 0) is 36.1 Å². The number of hydrogen-bond donors (Lipinski definition) is 1. The van der Waals surface area contributed by atoms with E-state index in [1.54, 1.807) is 17.0 Å². The summed E-state index contributed by atoms with van der Waals surface area (Å²) in [6.45, 7) is 1.13. The molecule has 2 aliphatic heterocycles. The maximum absolute atomic E-state index is 12.4. The molecule has 0 spiro atoms. The van der Waals surface area contributed by atoms with Crippen molar-refractivity contribution in [1.82, 2.24) is 4.90 Å². The lowest BCUT2D eigenvalue weighted by Gasteiger charge is -2.28. The molecule has 2 heterocycles. The van der Waals surface area contributed by atoms with E-state index < -0.39 is 9.84 Å². The van der Waals surface area contributed by atoms with Crippen LogP contribution in [0.2, 0.25) is 0 Å². The summed E-state index contributed by atoms with van der Waals surface area (Å²) in [6, 6.07) is 7.03. The third-order valence-corrected chi connectivity index (χ3v) is 6.11. The van der Waals surface area contributed by atoms with Crippen molar-refractivity contribution in [3.8, 4) is 5.75 Å². The fourth-order valence-electron chi connectivity index (χ4n) is 3.05. The van der Waals surface area contributed by atoms with E-state index in [0.29, 0.717) is 19.5 Å². The molecule has 0 aromatic heterocycles. The second kappa shape index (κ2) is 5.76. The number of phenols is 1. The minimum atomic E-state index is -3.02. The van der Waals surface area contributed by atoms with E-state index >= 15 is 0 Å². The summed E-state index contributed by atoms with van der Waals surface area (Å²) in [6.07, 6.45) is 3.21. The zero-order valence-corrected chi connectivity index (χ0v) is 13.1. The third kappa shape index (κ3) is 3.16. The Hall–Kier alpha value is -1.82. The predicted octanol–water partition coefficient (Wildman–Crippen LogP) is 1.44. The van der Waals surface area contributed by atoms with E-state index in [0.717, 1.165) is 17.6 Å². The summed E-state index contributed by atoms with van der Waals surface area (Å²) in [5.41, 5.74) is 2.21. The van der Waals surface area contributed by atoms with Gasteiger partial charge in [-0.2, -0.15) is 0 Å². The van der Waals surface area contributed by atoms with Crippen molar-refractivity contribution in [2.75, 3.05) is 24.6 Å². The summed E-state index contributed by atoms with van der Waals surface area (Å²) in [7, 11) is -3.02. The Kier molecular flexibility index (Phi) is 3.95. The number of sulfone groups is 1. The van der Waals surface area contributed by atoms with Crippen molar-refractivity contribution in [3.63, 3.8) is 0 Å². The second-order valence-electron chi connectivity index (χ2n) is 5.91. The van der Waals surface area contributed by atoms with Gasteiger partial charge in [-0.25, -0.2) is 8.42 Å². The third-order valence-electron chi connectivity index (χ3n) is 4.34. The van der Waals surface area contributed by atoms with Gasteiger partial charge in [0.1, 0.15) is 5.75 Å². The van der Waals surface area contributed by atoms with Gasteiger partial charge in [0.2, 0.25) is 5.91 Å². The number of phenolic OH excluding ortho intramolecular Hbond substituents is 1. The van der Waals surface area contributed by atoms with Crippen LogP contribution in [0.3, 0.4) is 0 Å². The van der Waals surface area contributed by atoms with E-state index in [2.05, 4.69) is 0 Å². The number of rotatable bonds is 2. The number of carbonyl (C=O) groups excluding carboxylic acids is 1. The first-order valence-corrected chi connectivity index (χ1v) is 9.24. The van der Waals surface area contributed by atoms with Crippen LogP contribution < -0.4 is 0 Å². The molecule has 1 atom stereocenters. The molecule has 2 aliphatic rings. The Bertz CT molecular complexity index is 706. The fourth-order valence-corrected chi connectivity index (χ4v) is 4.79. The Morgan fingerprint density at radius 1 is 1.23 bits per heavy atom. The molecule has 6 heteroatoms. The molecule has 1 unspecified atom stereocenters. The molecule has 1 fully saturated rings. The highest BCUT2D eigenvalue weighted by Gasteiger charge is 2.35. The van der Waals surface area contributed by atoms with Crippen molar-refractivity contribution in [1.29, 1.82) is 0 Å². The number of amides is 1. The average Bonchev–Trinajstić information content (AvgIpc) is 2.88. The molecule has 1 amide bonds. The maximum Gasteiger partial charge on any atom is 0.227 e. The standard InChI is InChI=1S/C16H19NO4S/c18-15-3-1-12(2-4-15)13-5-8-17(9-6-13)16(19)14-7-10-22(20,21)11-14/h1-5,14,18H,6-11H2. The zero-order chi connectivity index (χ0) is 15.7. The van der Waals surface area contributed by atoms with Gasteiger partial charge in [-0.3, -0.25) is 4.79 Å². The van der Waals surface area contributed by atoms with Crippen LogP contribution in [0, 0.1) is 5.92 Å². The number of aromatic hydroxyl groups is 1. The number of carbonyl (C=O) groups is 1. The molecule has 0 aliphatic carbocycles. The lowest BCUT2D eigenvalue weighted by Crippen LogP contribution is -2.39. The zero-order valence-electron chi connectivity index (χ0n) is 12.2. The second-order valence-corrected chi connectivity index (χ2v) is 8.14. The number of benzene rings is 1. The molecule has 22 heavy (non-hydrogen) atoms. The molecular formula is C16H19NO4S. The minimum Gasteiger partial charge on any atom is -0.508 e. The highest BCUT2D eigenvalue weighted by Crippen LogP contribution is 2.26. The van der Waals surface area contributed by atoms with Crippen LogP contribution >= 0.6 is 0 Å². The first kappa shape index (κ1) is 15.1. The van der Waals surface area contributed by atoms with Crippen molar-refractivity contribution in [2.24, 2.45) is 5.92 Å². The van der Waals surface area contributed by atoms with E-state index in [4.69, 9.17) is 0 Å². The van der Waals surface area contributed by atoms with E-state index in [1.165, 1.54) is 0 Å². The van der Waals surface area contributed by atoms with Gasteiger partial charge in [-0.15, -0.1) is 0 Å². The molecule has 3 rings (SSSR count). The SMILES string of the molecule is O=C(C1CCS(=O)(=O)C1)N1CC=C(c2ccc(O)cc2)CC1. The molecule has 5 nitrogen and oxygen atoms in total. The molecule has 0 bridgehead atoms. The molecule has 1 aromatic carbocycles. The molecular weight excluding hydrogens is 302 g/mol. The van der Waals surface area contributed by atoms with Gasteiger partial charge in [0.05, 0.1) is 17.4 Å². The van der Waals surface area contributed by atoms with Gasteiger partial charge in [0.25, 0.3) is 0 Å². The fraction of sp³-hybridized carbons (Fsp3) is 0.438. The van der Waals surface area contributed by atoms with E-state index in [9.17, 15) is 18.3 Å². The first-order valence-electron chi connectivity index (χ1n) is 7.42. The van der Waals surface area contributed by atoms with Crippen LogP contribution in [0.25, 0.3) is 5.57 Å². The number of nitrogens with zero attached hydrogens (tertiary/aromatic N) is 1. The number of hydrogen-bond acceptors (Lipinski definition) is 4. The lowest BCUT2D eigenvalue weighted by molar-refractivity contribution is -0.134. The highest BCUT2D eigenvalue weighted by atomic mass is 32.2. The van der Waals surface area contributed by atoms with Gasteiger partial charge in [0, 0.05) is 13.1 Å². The van der Waals surface area contributed by atoms with Crippen LogP contribution in [-0.2, 0) is 14.6 Å². The first-order chi connectivity index (χ1) is 10.4. The molecule has 1 aromatic rings. The summed E-state index contributed by atoms with van der Waals surface area (Å²) < 4.78 is 23.0. The average molecular weight is 321 g/mol. The van der Waals surface area contributed by atoms with Gasteiger partial charge in [-0.1, -0.05) is 18.2 Å². The topological polar surface area (TPSA) is 74.7 Å². The smallest absolute Gasteiger partial charge is 0.227 e. The van der Waals surface area contributed by atoms with Crippen molar-refractivity contribution >= 4 is 21.3 Å². The Labute approximate surface area is 130 Å². The quantitative estimate of drug-likeness (QED) is 0.894. The summed E-state index contributed by atoms with van der Waals surface area (Å²) >= 11 is 0. The summed E-state index contributed by atoms with van der Waals surface area (Å²) in [4.78, 5) is 14.1. The van der Waals surface area contributed by atoms with E-state index in [-0.39, 0.29) is 29.1 Å². The van der Waals surface area contributed by atoms with Crippen molar-refractivity contribution in [3.05, 3.63) is 35.9 Å². The summed E-state index contributed by atoms with van der Waals surface area (Å²) in [5, 5.41) is 9.31. The van der Waals surface area contributed by atoms with Crippen LogP contribution in [0.5, 0.6) is 5.75 Å². The maximum atomic E-state index is 12.4. The molecule has 1 saturated heterocycles. The minimum absolute atomic E-state index is 0.00311. The Morgan fingerprint density at radius 3 is 2.50 bits per heavy atom. The van der Waals surface area contributed by atoms with Crippen molar-refractivity contribution in [2.45, 2.75) is 12.8 Å². The monoisotopic (exact) mass is 321 g/mol. The van der Waals surface area contributed by atoms with Gasteiger partial charge < -0.3 is 10.0 Å². The lowest BCUT2D eigenvalue weighted by atomic mass is 9.98. The van der Waals surface area contributed by atoms with Gasteiger partial charge >= 0.3 is 0 Å². The molecule has 0 radical (unpaired) electrons. The van der Waals surface area contributed by atoms with Gasteiger partial charge in [0.15, 0.2) is 9.84 Å².